The van der Waals surface area contributed by atoms with Crippen molar-refractivity contribution in [3.8, 4) is 0 Å². The van der Waals surface area contributed by atoms with E-state index in [2.05, 4.69) is 10.3 Å². The van der Waals surface area contributed by atoms with Crippen LogP contribution in [0.1, 0.15) is 33.1 Å². The lowest BCUT2D eigenvalue weighted by atomic mass is 9.87. The Morgan fingerprint density at radius 2 is 2.12 bits per heavy atom. The van der Waals surface area contributed by atoms with Crippen molar-refractivity contribution >= 4 is 0 Å². The Morgan fingerprint density at radius 3 is 2.59 bits per heavy atom. The Hall–Kier alpha value is -1.01. The summed E-state index contributed by atoms with van der Waals surface area (Å²) in [7, 11) is 0. The minimum Gasteiger partial charge on any atom is -0.395 e. The predicted molar refractivity (Wildman–Crippen MR) is 60.6 cm³/mol. The van der Waals surface area contributed by atoms with Gasteiger partial charge in [-0.2, -0.15) is 8.78 Å². The van der Waals surface area contributed by atoms with E-state index in [-0.39, 0.29) is 30.4 Å². The molecule has 0 amide bonds. The second-order valence-corrected chi connectivity index (χ2v) is 5.01. The van der Waals surface area contributed by atoms with Crippen LogP contribution in [0.15, 0.2) is 12.4 Å². The zero-order chi connectivity index (χ0) is 13.1. The van der Waals surface area contributed by atoms with Gasteiger partial charge < -0.3 is 10.4 Å². The third-order valence-corrected chi connectivity index (χ3v) is 2.69. The zero-order valence-corrected chi connectivity index (χ0v) is 10.3. The maximum absolute atomic E-state index is 12.5. The number of nitrogens with zero attached hydrogens (tertiary/aromatic N) is 2. The van der Waals surface area contributed by atoms with E-state index in [0.29, 0.717) is 0 Å². The average molecular weight is 247 g/mol. The minimum absolute atomic E-state index is 0.0428. The minimum atomic E-state index is -2.59. The molecule has 0 radical (unpaired) electrons. The zero-order valence-electron chi connectivity index (χ0n) is 10.3. The monoisotopic (exact) mass is 247 g/mol. The molecule has 1 unspecified atom stereocenters. The number of hydrogen-bond donors (Lipinski definition) is 2. The van der Waals surface area contributed by atoms with Crippen molar-refractivity contribution in [2.24, 2.45) is 5.41 Å². The fourth-order valence-electron chi connectivity index (χ4n) is 1.52. The molecule has 0 saturated carbocycles. The third-order valence-electron chi connectivity index (χ3n) is 2.69. The molecule has 17 heavy (non-hydrogen) atoms. The highest BCUT2D eigenvalue weighted by molar-refractivity contribution is 4.93. The summed E-state index contributed by atoms with van der Waals surface area (Å²) in [5.41, 5.74) is -0.142. The Morgan fingerprint density at radius 1 is 1.47 bits per heavy atom. The summed E-state index contributed by atoms with van der Waals surface area (Å²) in [6.45, 7) is 3.50. The molecule has 98 valence electrons. The molecule has 1 aromatic heterocycles. The summed E-state index contributed by atoms with van der Waals surface area (Å²) in [4.78, 5) is 3.86. The highest BCUT2D eigenvalue weighted by Gasteiger charge is 2.24. The Kier molecular flexibility index (Phi) is 4.59. The van der Waals surface area contributed by atoms with E-state index in [1.165, 1.54) is 12.4 Å². The molecule has 0 aliphatic heterocycles. The van der Waals surface area contributed by atoms with E-state index in [4.69, 9.17) is 0 Å². The predicted octanol–water partition coefficient (Wildman–Crippen LogP) is 1.77. The maximum Gasteiger partial charge on any atom is 0.319 e. The number of aromatic nitrogens is 2. The van der Waals surface area contributed by atoms with Crippen LogP contribution in [0.5, 0.6) is 0 Å². The summed E-state index contributed by atoms with van der Waals surface area (Å²) in [6.07, 6.45) is 2.58. The molecule has 1 atom stereocenters. The number of imidazole rings is 1. The van der Waals surface area contributed by atoms with Crippen LogP contribution >= 0.6 is 0 Å². The number of rotatable bonds is 5. The molecule has 6 heteroatoms. The van der Waals surface area contributed by atoms with Crippen molar-refractivity contribution in [1.29, 1.82) is 0 Å². The van der Waals surface area contributed by atoms with Gasteiger partial charge in [0.25, 0.3) is 0 Å². The van der Waals surface area contributed by atoms with Crippen LogP contribution in [-0.4, -0.2) is 27.3 Å². The summed E-state index contributed by atoms with van der Waals surface area (Å²) in [6, 6.07) is -0.162. The summed E-state index contributed by atoms with van der Waals surface area (Å²) in [5.74, 6) is 0.266. The lowest BCUT2D eigenvalue weighted by Gasteiger charge is -2.29. The lowest BCUT2D eigenvalue weighted by molar-refractivity contribution is 0.0657. The first-order chi connectivity index (χ1) is 7.86. The van der Waals surface area contributed by atoms with Crippen LogP contribution in [0.4, 0.5) is 8.78 Å². The largest absolute Gasteiger partial charge is 0.395 e. The van der Waals surface area contributed by atoms with E-state index in [1.54, 1.807) is 0 Å². The number of halogens is 2. The molecule has 1 rings (SSSR count). The molecule has 0 aliphatic carbocycles. The first kappa shape index (κ1) is 14.1. The van der Waals surface area contributed by atoms with Crippen molar-refractivity contribution in [3.63, 3.8) is 0 Å². The molecular weight excluding hydrogens is 228 g/mol. The molecule has 0 spiro atoms. The molecule has 0 aliphatic rings. The second-order valence-electron chi connectivity index (χ2n) is 5.01. The van der Waals surface area contributed by atoms with Crippen molar-refractivity contribution in [3.05, 3.63) is 18.2 Å². The van der Waals surface area contributed by atoms with Crippen LogP contribution in [-0.2, 0) is 6.54 Å². The van der Waals surface area contributed by atoms with Crippen molar-refractivity contribution in [2.75, 3.05) is 6.61 Å². The number of aliphatic hydroxyl groups is 1. The molecule has 4 nitrogen and oxygen atoms in total. The molecule has 0 aromatic carbocycles. The van der Waals surface area contributed by atoms with Crippen molar-refractivity contribution in [1.82, 2.24) is 14.9 Å². The number of aliphatic hydroxyl groups excluding tert-OH is 1. The first-order valence-corrected chi connectivity index (χ1v) is 5.50. The summed E-state index contributed by atoms with van der Waals surface area (Å²) in [5, 5.41) is 12.3. The molecule has 1 heterocycles. The smallest absolute Gasteiger partial charge is 0.319 e. The van der Waals surface area contributed by atoms with Crippen LogP contribution in [0, 0.1) is 5.41 Å². The average Bonchev–Trinajstić information content (AvgIpc) is 2.64. The third kappa shape index (κ3) is 3.74. The lowest BCUT2D eigenvalue weighted by Crippen LogP contribution is -2.43. The number of hydrogen-bond acceptors (Lipinski definition) is 3. The molecule has 2 N–H and O–H groups in total. The Balaban J connectivity index is 2.63. The van der Waals surface area contributed by atoms with Gasteiger partial charge in [-0.1, -0.05) is 20.8 Å². The molecular formula is C11H19F2N3O. The maximum atomic E-state index is 12.5. The number of alkyl halides is 2. The SMILES string of the molecule is CC(C)(C)C(CO)NCc1nccn1C(F)F. The van der Waals surface area contributed by atoms with E-state index in [0.717, 1.165) is 4.57 Å². The summed E-state index contributed by atoms with van der Waals surface area (Å²) < 4.78 is 25.9. The van der Waals surface area contributed by atoms with Crippen LogP contribution in [0.2, 0.25) is 0 Å². The fraction of sp³-hybridized carbons (Fsp3) is 0.727. The van der Waals surface area contributed by atoms with Crippen LogP contribution < -0.4 is 5.32 Å². The normalized spacial score (nSPS) is 14.3. The van der Waals surface area contributed by atoms with E-state index in [1.807, 2.05) is 20.8 Å². The van der Waals surface area contributed by atoms with Gasteiger partial charge in [-0.15, -0.1) is 0 Å². The Labute approximate surface area is 99.7 Å². The molecule has 0 bridgehead atoms. The van der Waals surface area contributed by atoms with Crippen molar-refractivity contribution < 1.29 is 13.9 Å². The van der Waals surface area contributed by atoms with Crippen LogP contribution in [0.3, 0.4) is 0 Å². The highest BCUT2D eigenvalue weighted by atomic mass is 19.3. The standard InChI is InChI=1S/C11H19F2N3O/c1-11(2,3)8(7-17)15-6-9-14-4-5-16(9)10(12)13/h4-5,8,10,15,17H,6-7H2,1-3H3. The van der Waals surface area contributed by atoms with Gasteiger partial charge in [0.05, 0.1) is 13.2 Å². The van der Waals surface area contributed by atoms with Gasteiger partial charge in [-0.3, -0.25) is 4.57 Å². The molecule has 0 saturated heterocycles. The van der Waals surface area contributed by atoms with E-state index >= 15 is 0 Å². The van der Waals surface area contributed by atoms with Gasteiger partial charge in [-0.05, 0) is 5.41 Å². The van der Waals surface area contributed by atoms with Gasteiger partial charge in [0.2, 0.25) is 0 Å². The van der Waals surface area contributed by atoms with Gasteiger partial charge >= 0.3 is 6.55 Å². The fourth-order valence-corrected chi connectivity index (χ4v) is 1.52. The van der Waals surface area contributed by atoms with Gasteiger partial charge in [0, 0.05) is 18.4 Å². The second kappa shape index (κ2) is 5.55. The summed E-state index contributed by atoms with van der Waals surface area (Å²) >= 11 is 0. The van der Waals surface area contributed by atoms with Crippen molar-refractivity contribution in [2.45, 2.75) is 39.9 Å². The molecule has 0 fully saturated rings. The van der Waals surface area contributed by atoms with Gasteiger partial charge in [-0.25, -0.2) is 4.98 Å². The first-order valence-electron chi connectivity index (χ1n) is 5.50. The van der Waals surface area contributed by atoms with Gasteiger partial charge in [0.1, 0.15) is 5.82 Å². The van der Waals surface area contributed by atoms with E-state index < -0.39 is 6.55 Å². The highest BCUT2D eigenvalue weighted by Crippen LogP contribution is 2.19. The van der Waals surface area contributed by atoms with Crippen LogP contribution in [0.25, 0.3) is 0 Å². The van der Waals surface area contributed by atoms with Gasteiger partial charge in [0.15, 0.2) is 0 Å². The quantitative estimate of drug-likeness (QED) is 0.833. The molecule has 1 aromatic rings. The Bertz CT molecular complexity index is 347. The topological polar surface area (TPSA) is 50.1 Å². The number of nitrogens with one attached hydrogen (secondary N) is 1. The van der Waals surface area contributed by atoms with E-state index in [9.17, 15) is 13.9 Å².